The van der Waals surface area contributed by atoms with Crippen LogP contribution in [-0.4, -0.2) is 44.2 Å². The maximum atomic E-state index is 12.2. The molecule has 0 radical (unpaired) electrons. The van der Waals surface area contributed by atoms with Gasteiger partial charge in [-0.3, -0.25) is 4.79 Å². The average molecular weight is 369 g/mol. The van der Waals surface area contributed by atoms with E-state index in [0.717, 1.165) is 30.4 Å². The van der Waals surface area contributed by atoms with Gasteiger partial charge in [-0.15, -0.1) is 0 Å². The van der Waals surface area contributed by atoms with E-state index in [2.05, 4.69) is 15.2 Å². The Morgan fingerprint density at radius 1 is 1.04 bits per heavy atom. The molecule has 2 aromatic rings. The number of hydrogen-bond acceptors (Lipinski definition) is 5. The van der Waals surface area contributed by atoms with Gasteiger partial charge >= 0.3 is 0 Å². The molecule has 144 valence electrons. The van der Waals surface area contributed by atoms with E-state index in [4.69, 9.17) is 9.47 Å². The van der Waals surface area contributed by atoms with Gasteiger partial charge in [0.05, 0.1) is 19.2 Å². The summed E-state index contributed by atoms with van der Waals surface area (Å²) in [6, 6.07) is 11.1. The Kier molecular flexibility index (Phi) is 6.90. The fraction of sp³-hybridized carbons (Fsp3) is 0.429. The van der Waals surface area contributed by atoms with Crippen LogP contribution in [0.4, 0.5) is 5.82 Å². The Balaban J connectivity index is 1.43. The first-order valence-corrected chi connectivity index (χ1v) is 9.52. The van der Waals surface area contributed by atoms with Crippen molar-refractivity contribution in [1.82, 2.24) is 10.3 Å². The maximum Gasteiger partial charge on any atom is 0.252 e. The molecular formula is C21H27N3O3. The molecule has 0 atom stereocenters. The van der Waals surface area contributed by atoms with Gasteiger partial charge in [-0.2, -0.15) is 0 Å². The number of ether oxygens (including phenoxy) is 2. The van der Waals surface area contributed by atoms with Gasteiger partial charge in [0, 0.05) is 19.3 Å². The largest absolute Gasteiger partial charge is 0.497 e. The van der Waals surface area contributed by atoms with Gasteiger partial charge in [-0.05, 0) is 49.2 Å². The molecule has 0 aliphatic carbocycles. The van der Waals surface area contributed by atoms with Crippen molar-refractivity contribution in [1.29, 1.82) is 0 Å². The molecule has 1 fully saturated rings. The summed E-state index contributed by atoms with van der Waals surface area (Å²) < 4.78 is 10.7. The SMILES string of the molecule is COc1ccc(OCCNC(=O)c2ccc(N3CCCCCC3)nc2)cc1. The molecule has 1 N–H and O–H groups in total. The van der Waals surface area contributed by atoms with E-state index >= 15 is 0 Å². The molecule has 1 saturated heterocycles. The van der Waals surface area contributed by atoms with E-state index < -0.39 is 0 Å². The van der Waals surface area contributed by atoms with E-state index in [1.165, 1.54) is 25.7 Å². The minimum absolute atomic E-state index is 0.136. The highest BCUT2D eigenvalue weighted by Crippen LogP contribution is 2.18. The smallest absolute Gasteiger partial charge is 0.252 e. The molecule has 1 aromatic heterocycles. The summed E-state index contributed by atoms with van der Waals surface area (Å²) in [7, 11) is 1.63. The van der Waals surface area contributed by atoms with Crippen LogP contribution in [0.2, 0.25) is 0 Å². The van der Waals surface area contributed by atoms with Crippen LogP contribution in [0.5, 0.6) is 11.5 Å². The Labute approximate surface area is 160 Å². The van der Waals surface area contributed by atoms with Crippen LogP contribution in [0.25, 0.3) is 0 Å². The number of aromatic nitrogens is 1. The summed E-state index contributed by atoms with van der Waals surface area (Å²) >= 11 is 0. The quantitative estimate of drug-likeness (QED) is 0.759. The van der Waals surface area contributed by atoms with Crippen LogP contribution in [0.15, 0.2) is 42.6 Å². The second-order valence-electron chi connectivity index (χ2n) is 6.59. The summed E-state index contributed by atoms with van der Waals surface area (Å²) in [5, 5.41) is 2.86. The number of pyridine rings is 1. The normalized spacial score (nSPS) is 14.3. The standard InChI is InChI=1S/C21H27N3O3/c1-26-18-7-9-19(10-8-18)27-15-12-22-21(25)17-6-11-20(23-16-17)24-13-4-2-3-5-14-24/h6-11,16H,2-5,12-15H2,1H3,(H,22,25). The summed E-state index contributed by atoms with van der Waals surface area (Å²) in [6.45, 7) is 2.92. The van der Waals surface area contributed by atoms with Crippen molar-refractivity contribution in [2.24, 2.45) is 0 Å². The molecule has 1 aromatic carbocycles. The molecule has 1 aliphatic heterocycles. The Morgan fingerprint density at radius 3 is 2.37 bits per heavy atom. The number of carbonyl (C=O) groups excluding carboxylic acids is 1. The molecular weight excluding hydrogens is 342 g/mol. The highest BCUT2D eigenvalue weighted by atomic mass is 16.5. The van der Waals surface area contributed by atoms with Crippen LogP contribution in [0.1, 0.15) is 36.0 Å². The molecule has 6 nitrogen and oxygen atoms in total. The van der Waals surface area contributed by atoms with Gasteiger partial charge in [0.15, 0.2) is 0 Å². The van der Waals surface area contributed by atoms with Gasteiger partial charge in [-0.25, -0.2) is 4.98 Å². The van der Waals surface area contributed by atoms with Crippen LogP contribution < -0.4 is 19.7 Å². The zero-order chi connectivity index (χ0) is 18.9. The number of carbonyl (C=O) groups is 1. The summed E-state index contributed by atoms with van der Waals surface area (Å²) in [4.78, 5) is 19.0. The summed E-state index contributed by atoms with van der Waals surface area (Å²) in [5.74, 6) is 2.35. The molecule has 1 amide bonds. The van der Waals surface area contributed by atoms with Gasteiger partial charge in [0.1, 0.15) is 23.9 Å². The van der Waals surface area contributed by atoms with Crippen LogP contribution in [0, 0.1) is 0 Å². The van der Waals surface area contributed by atoms with Crippen LogP contribution in [0.3, 0.4) is 0 Å². The zero-order valence-corrected chi connectivity index (χ0v) is 15.8. The summed E-state index contributed by atoms with van der Waals surface area (Å²) in [6.07, 6.45) is 6.64. The predicted octanol–water partition coefficient (Wildman–Crippen LogP) is 3.28. The van der Waals surface area contributed by atoms with E-state index in [1.807, 2.05) is 36.4 Å². The van der Waals surface area contributed by atoms with E-state index in [9.17, 15) is 4.79 Å². The van der Waals surface area contributed by atoms with Gasteiger partial charge in [-0.1, -0.05) is 12.8 Å². The summed E-state index contributed by atoms with van der Waals surface area (Å²) in [5.41, 5.74) is 0.568. The molecule has 3 rings (SSSR count). The van der Waals surface area contributed by atoms with Gasteiger partial charge in [0.2, 0.25) is 0 Å². The van der Waals surface area contributed by atoms with E-state index in [-0.39, 0.29) is 5.91 Å². The average Bonchev–Trinajstić information content (AvgIpc) is 3.01. The van der Waals surface area contributed by atoms with Crippen molar-refractivity contribution in [3.05, 3.63) is 48.2 Å². The van der Waals surface area contributed by atoms with Crippen LogP contribution >= 0.6 is 0 Å². The number of amides is 1. The first-order valence-electron chi connectivity index (χ1n) is 9.52. The lowest BCUT2D eigenvalue weighted by Gasteiger charge is -2.21. The van der Waals surface area contributed by atoms with Crippen molar-refractivity contribution >= 4 is 11.7 Å². The predicted molar refractivity (Wildman–Crippen MR) is 106 cm³/mol. The highest BCUT2D eigenvalue weighted by Gasteiger charge is 2.12. The molecule has 2 heterocycles. The Hall–Kier alpha value is -2.76. The Bertz CT molecular complexity index is 708. The van der Waals surface area contributed by atoms with Crippen molar-refractivity contribution < 1.29 is 14.3 Å². The maximum absolute atomic E-state index is 12.2. The first kappa shape index (κ1) is 19.0. The second kappa shape index (κ2) is 9.80. The monoisotopic (exact) mass is 369 g/mol. The first-order chi connectivity index (χ1) is 13.3. The zero-order valence-electron chi connectivity index (χ0n) is 15.8. The number of anilines is 1. The molecule has 27 heavy (non-hydrogen) atoms. The number of methoxy groups -OCH3 is 1. The molecule has 0 spiro atoms. The molecule has 0 unspecified atom stereocenters. The van der Waals surface area contributed by atoms with Crippen LogP contribution in [-0.2, 0) is 0 Å². The number of hydrogen-bond donors (Lipinski definition) is 1. The second-order valence-corrected chi connectivity index (χ2v) is 6.59. The molecule has 1 aliphatic rings. The third kappa shape index (κ3) is 5.61. The minimum atomic E-state index is -0.136. The fourth-order valence-corrected chi connectivity index (χ4v) is 3.11. The third-order valence-corrected chi connectivity index (χ3v) is 4.66. The fourth-order valence-electron chi connectivity index (χ4n) is 3.11. The Morgan fingerprint density at radius 2 is 1.74 bits per heavy atom. The lowest BCUT2D eigenvalue weighted by atomic mass is 10.2. The molecule has 0 saturated carbocycles. The molecule has 0 bridgehead atoms. The van der Waals surface area contributed by atoms with Gasteiger partial charge in [0.25, 0.3) is 5.91 Å². The van der Waals surface area contributed by atoms with Crippen molar-refractivity contribution in [3.8, 4) is 11.5 Å². The topological polar surface area (TPSA) is 63.7 Å². The van der Waals surface area contributed by atoms with E-state index in [1.54, 1.807) is 13.3 Å². The lowest BCUT2D eigenvalue weighted by Crippen LogP contribution is -2.28. The van der Waals surface area contributed by atoms with Crippen molar-refractivity contribution in [2.75, 3.05) is 38.3 Å². The minimum Gasteiger partial charge on any atom is -0.497 e. The van der Waals surface area contributed by atoms with Gasteiger partial charge < -0.3 is 19.7 Å². The number of rotatable bonds is 7. The van der Waals surface area contributed by atoms with E-state index in [0.29, 0.717) is 18.7 Å². The number of benzene rings is 1. The van der Waals surface area contributed by atoms with Crippen molar-refractivity contribution in [3.63, 3.8) is 0 Å². The number of nitrogens with zero attached hydrogens (tertiary/aromatic N) is 2. The third-order valence-electron chi connectivity index (χ3n) is 4.66. The number of nitrogens with one attached hydrogen (secondary N) is 1. The molecule has 6 heteroatoms. The lowest BCUT2D eigenvalue weighted by molar-refractivity contribution is 0.0946. The highest BCUT2D eigenvalue weighted by molar-refractivity contribution is 5.94. The van der Waals surface area contributed by atoms with Crippen molar-refractivity contribution in [2.45, 2.75) is 25.7 Å².